The molecule has 0 atom stereocenters. The number of carbonyl (C=O) groups excluding carboxylic acids is 2. The number of rotatable bonds is 7. The zero-order valence-corrected chi connectivity index (χ0v) is 16.3. The van der Waals surface area contributed by atoms with E-state index >= 15 is 0 Å². The van der Waals surface area contributed by atoms with Crippen LogP contribution in [0, 0.1) is 0 Å². The van der Waals surface area contributed by atoms with Crippen LogP contribution in [0.1, 0.15) is 27.1 Å². The van der Waals surface area contributed by atoms with E-state index in [4.69, 9.17) is 4.74 Å². The Morgan fingerprint density at radius 2 is 1.57 bits per heavy atom. The van der Waals surface area contributed by atoms with Gasteiger partial charge in [-0.15, -0.1) is 0 Å². The summed E-state index contributed by atoms with van der Waals surface area (Å²) in [6.45, 7) is 4.20. The van der Waals surface area contributed by atoms with Crippen molar-refractivity contribution in [2.45, 2.75) is 6.42 Å². The predicted octanol–water partition coefficient (Wildman–Crippen LogP) is 2.42. The van der Waals surface area contributed by atoms with Crippen molar-refractivity contribution >= 4 is 17.5 Å². The van der Waals surface area contributed by atoms with Gasteiger partial charge in [-0.1, -0.05) is 18.2 Å². The summed E-state index contributed by atoms with van der Waals surface area (Å²) in [6.07, 6.45) is 0.772. The lowest BCUT2D eigenvalue weighted by Gasteiger charge is -2.36. The van der Waals surface area contributed by atoms with Crippen molar-refractivity contribution in [1.29, 1.82) is 0 Å². The minimum atomic E-state index is -0.133. The number of nitrogens with one attached hydrogen (secondary N) is 1. The lowest BCUT2D eigenvalue weighted by molar-refractivity contribution is 0.0746. The van der Waals surface area contributed by atoms with Gasteiger partial charge in [-0.3, -0.25) is 9.59 Å². The quantitative estimate of drug-likeness (QED) is 0.749. The fraction of sp³-hybridized carbons (Fsp3) is 0.364. The van der Waals surface area contributed by atoms with Crippen LogP contribution < -0.4 is 10.2 Å². The number of hydrogen-bond acceptors (Lipinski definition) is 4. The maximum atomic E-state index is 12.8. The van der Waals surface area contributed by atoms with Gasteiger partial charge < -0.3 is 19.9 Å². The second-order valence-corrected chi connectivity index (χ2v) is 6.79. The van der Waals surface area contributed by atoms with Crippen molar-refractivity contribution in [2.75, 3.05) is 51.3 Å². The molecular formula is C22H27N3O3. The highest BCUT2D eigenvalue weighted by molar-refractivity contribution is 5.97. The summed E-state index contributed by atoms with van der Waals surface area (Å²) in [5, 5.41) is 2.85. The van der Waals surface area contributed by atoms with E-state index in [0.717, 1.165) is 19.5 Å². The summed E-state index contributed by atoms with van der Waals surface area (Å²) < 4.78 is 4.96. The van der Waals surface area contributed by atoms with Gasteiger partial charge in [0.25, 0.3) is 11.8 Å². The Kier molecular flexibility index (Phi) is 7.03. The van der Waals surface area contributed by atoms with Crippen LogP contribution in [-0.4, -0.2) is 63.2 Å². The molecule has 1 N–H and O–H groups in total. The van der Waals surface area contributed by atoms with E-state index in [2.05, 4.69) is 22.3 Å². The van der Waals surface area contributed by atoms with E-state index in [0.29, 0.717) is 37.4 Å². The van der Waals surface area contributed by atoms with E-state index in [1.807, 2.05) is 23.1 Å². The van der Waals surface area contributed by atoms with Crippen LogP contribution in [0.3, 0.4) is 0 Å². The molecule has 0 aliphatic carbocycles. The summed E-state index contributed by atoms with van der Waals surface area (Å²) in [4.78, 5) is 29.0. The summed E-state index contributed by atoms with van der Waals surface area (Å²) in [6, 6.07) is 17.1. The van der Waals surface area contributed by atoms with E-state index in [1.54, 1.807) is 31.4 Å². The van der Waals surface area contributed by atoms with Gasteiger partial charge in [-0.05, 0) is 42.8 Å². The number of piperazine rings is 1. The monoisotopic (exact) mass is 381 g/mol. The van der Waals surface area contributed by atoms with Crippen LogP contribution in [0.4, 0.5) is 5.69 Å². The van der Waals surface area contributed by atoms with E-state index in [9.17, 15) is 9.59 Å². The van der Waals surface area contributed by atoms with Crippen LogP contribution in [0.2, 0.25) is 0 Å². The van der Waals surface area contributed by atoms with Crippen LogP contribution >= 0.6 is 0 Å². The lowest BCUT2D eigenvalue weighted by atomic mass is 10.1. The summed E-state index contributed by atoms with van der Waals surface area (Å²) in [5.74, 6) is -0.119. The Hall–Kier alpha value is -2.86. The molecule has 1 aliphatic heterocycles. The van der Waals surface area contributed by atoms with E-state index in [-0.39, 0.29) is 11.8 Å². The zero-order valence-electron chi connectivity index (χ0n) is 16.3. The molecule has 2 aromatic carbocycles. The molecule has 1 heterocycles. The highest BCUT2D eigenvalue weighted by Crippen LogP contribution is 2.17. The largest absolute Gasteiger partial charge is 0.385 e. The summed E-state index contributed by atoms with van der Waals surface area (Å²) in [5.41, 5.74) is 2.36. The number of hydrogen-bond donors (Lipinski definition) is 1. The number of anilines is 1. The topological polar surface area (TPSA) is 61.9 Å². The fourth-order valence-corrected chi connectivity index (χ4v) is 3.27. The van der Waals surface area contributed by atoms with Gasteiger partial charge in [0, 0.05) is 63.3 Å². The van der Waals surface area contributed by atoms with Crippen molar-refractivity contribution in [3.05, 3.63) is 65.7 Å². The normalized spacial score (nSPS) is 14.0. The van der Waals surface area contributed by atoms with Crippen LogP contribution in [0.15, 0.2) is 54.6 Å². The number of carbonyl (C=O) groups is 2. The smallest absolute Gasteiger partial charge is 0.253 e. The number of ether oxygens (including phenoxy) is 1. The van der Waals surface area contributed by atoms with E-state index in [1.165, 1.54) is 5.69 Å². The minimum absolute atomic E-state index is 0.0137. The Bertz CT molecular complexity index is 769. The second kappa shape index (κ2) is 9.90. The van der Waals surface area contributed by atoms with Gasteiger partial charge in [0.1, 0.15) is 0 Å². The van der Waals surface area contributed by atoms with Crippen molar-refractivity contribution < 1.29 is 14.3 Å². The highest BCUT2D eigenvalue weighted by Gasteiger charge is 2.22. The van der Waals surface area contributed by atoms with Gasteiger partial charge in [-0.25, -0.2) is 0 Å². The van der Waals surface area contributed by atoms with E-state index < -0.39 is 0 Å². The molecule has 28 heavy (non-hydrogen) atoms. The molecule has 0 radical (unpaired) electrons. The standard InChI is InChI=1S/C22H27N3O3/c1-28-17-5-12-23-21(26)18-8-10-19(11-9-18)22(27)25-15-13-24(14-16-25)20-6-3-2-4-7-20/h2-4,6-11H,5,12-17H2,1H3,(H,23,26). The van der Waals surface area contributed by atoms with Crippen LogP contribution in [-0.2, 0) is 4.74 Å². The molecule has 1 saturated heterocycles. The Labute approximate surface area is 166 Å². The van der Waals surface area contributed by atoms with Crippen molar-refractivity contribution in [1.82, 2.24) is 10.2 Å². The number of methoxy groups -OCH3 is 1. The third-order valence-electron chi connectivity index (χ3n) is 4.89. The first-order valence-corrected chi connectivity index (χ1v) is 9.65. The molecule has 3 rings (SSSR count). The minimum Gasteiger partial charge on any atom is -0.385 e. The third kappa shape index (κ3) is 5.10. The molecule has 1 fully saturated rings. The van der Waals surface area contributed by atoms with Gasteiger partial charge in [0.15, 0.2) is 0 Å². The SMILES string of the molecule is COCCCNC(=O)c1ccc(C(=O)N2CCN(c3ccccc3)CC2)cc1. The number of benzene rings is 2. The molecule has 0 aromatic heterocycles. The van der Waals surface area contributed by atoms with Crippen molar-refractivity contribution in [2.24, 2.45) is 0 Å². The first kappa shape index (κ1) is 19.9. The number of nitrogens with zero attached hydrogens (tertiary/aromatic N) is 2. The van der Waals surface area contributed by atoms with Crippen molar-refractivity contribution in [3.63, 3.8) is 0 Å². The Morgan fingerprint density at radius 1 is 0.929 bits per heavy atom. The predicted molar refractivity (Wildman–Crippen MR) is 110 cm³/mol. The molecule has 148 valence electrons. The molecular weight excluding hydrogens is 354 g/mol. The summed E-state index contributed by atoms with van der Waals surface area (Å²) >= 11 is 0. The summed E-state index contributed by atoms with van der Waals surface area (Å²) in [7, 11) is 1.64. The lowest BCUT2D eigenvalue weighted by Crippen LogP contribution is -2.48. The van der Waals surface area contributed by atoms with Crippen LogP contribution in [0.5, 0.6) is 0 Å². The molecule has 0 spiro atoms. The zero-order chi connectivity index (χ0) is 19.8. The maximum absolute atomic E-state index is 12.8. The average Bonchev–Trinajstić information content (AvgIpc) is 2.77. The molecule has 1 aliphatic rings. The first-order valence-electron chi connectivity index (χ1n) is 9.65. The third-order valence-corrected chi connectivity index (χ3v) is 4.89. The Morgan fingerprint density at radius 3 is 2.21 bits per heavy atom. The Balaban J connectivity index is 1.51. The molecule has 6 nitrogen and oxygen atoms in total. The number of amides is 2. The molecule has 2 aromatic rings. The molecule has 2 amide bonds. The number of para-hydroxylation sites is 1. The molecule has 0 bridgehead atoms. The maximum Gasteiger partial charge on any atom is 0.253 e. The van der Waals surface area contributed by atoms with Gasteiger partial charge in [-0.2, -0.15) is 0 Å². The van der Waals surface area contributed by atoms with Gasteiger partial charge in [0.2, 0.25) is 0 Å². The van der Waals surface area contributed by atoms with Crippen molar-refractivity contribution in [3.8, 4) is 0 Å². The molecule has 0 saturated carbocycles. The fourth-order valence-electron chi connectivity index (χ4n) is 3.27. The first-order chi connectivity index (χ1) is 13.7. The van der Waals surface area contributed by atoms with Gasteiger partial charge in [0.05, 0.1) is 0 Å². The second-order valence-electron chi connectivity index (χ2n) is 6.79. The average molecular weight is 381 g/mol. The molecule has 0 unspecified atom stereocenters. The van der Waals surface area contributed by atoms with Crippen LogP contribution in [0.25, 0.3) is 0 Å². The molecule has 6 heteroatoms. The highest BCUT2D eigenvalue weighted by atomic mass is 16.5. The van der Waals surface area contributed by atoms with Gasteiger partial charge >= 0.3 is 0 Å².